The van der Waals surface area contributed by atoms with Crippen molar-refractivity contribution in [1.29, 1.82) is 0 Å². The van der Waals surface area contributed by atoms with Crippen LogP contribution in [0.4, 0.5) is 0 Å². The molecule has 0 amide bonds. The molecule has 0 aromatic heterocycles. The Kier molecular flexibility index (Phi) is 7.06. The molecule has 1 saturated carbocycles. The van der Waals surface area contributed by atoms with E-state index in [1.807, 2.05) is 0 Å². The molecule has 0 aliphatic heterocycles. The molecule has 2 heteroatoms. The highest BCUT2D eigenvalue weighted by molar-refractivity contribution is 4.64. The van der Waals surface area contributed by atoms with E-state index >= 15 is 0 Å². The minimum Gasteiger partial charge on any atom is -0.378 e. The van der Waals surface area contributed by atoms with Crippen LogP contribution in [0.25, 0.3) is 0 Å². The molecule has 2 nitrogen and oxygen atoms in total. The van der Waals surface area contributed by atoms with Gasteiger partial charge in [-0.1, -0.05) is 32.1 Å². The molecular formula is C12H25NO. The van der Waals surface area contributed by atoms with Crippen molar-refractivity contribution in [2.45, 2.75) is 63.9 Å². The zero-order valence-corrected chi connectivity index (χ0v) is 9.34. The van der Waals surface area contributed by atoms with Crippen molar-refractivity contribution in [3.63, 3.8) is 0 Å². The molecule has 1 fully saturated rings. The summed E-state index contributed by atoms with van der Waals surface area (Å²) in [7, 11) is 0. The van der Waals surface area contributed by atoms with Gasteiger partial charge in [0.05, 0.1) is 6.10 Å². The van der Waals surface area contributed by atoms with Crippen LogP contribution in [0.3, 0.4) is 0 Å². The fourth-order valence-electron chi connectivity index (χ4n) is 2.08. The van der Waals surface area contributed by atoms with Crippen LogP contribution >= 0.6 is 0 Å². The van der Waals surface area contributed by atoms with Crippen molar-refractivity contribution in [2.24, 2.45) is 5.73 Å². The van der Waals surface area contributed by atoms with Crippen molar-refractivity contribution >= 4 is 0 Å². The highest BCUT2D eigenvalue weighted by Crippen LogP contribution is 2.20. The van der Waals surface area contributed by atoms with Gasteiger partial charge in [0, 0.05) is 6.61 Å². The smallest absolute Gasteiger partial charge is 0.0575 e. The van der Waals surface area contributed by atoms with Gasteiger partial charge in [0.2, 0.25) is 0 Å². The molecule has 1 rings (SSSR count). The van der Waals surface area contributed by atoms with E-state index in [2.05, 4.69) is 0 Å². The SMILES string of the molecule is NCCCCCCOC1CCCCC1. The van der Waals surface area contributed by atoms with E-state index in [0.717, 1.165) is 13.2 Å². The van der Waals surface area contributed by atoms with E-state index in [1.54, 1.807) is 0 Å². The second kappa shape index (κ2) is 8.25. The molecular weight excluding hydrogens is 174 g/mol. The fraction of sp³-hybridized carbons (Fsp3) is 1.00. The standard InChI is InChI=1S/C12H25NO/c13-10-6-1-2-7-11-14-12-8-4-3-5-9-12/h12H,1-11,13H2. The number of hydrogen-bond donors (Lipinski definition) is 1. The Balaban J connectivity index is 1.82. The molecule has 0 heterocycles. The predicted octanol–water partition coefficient (Wildman–Crippen LogP) is 2.85. The van der Waals surface area contributed by atoms with Crippen molar-refractivity contribution in [3.8, 4) is 0 Å². The van der Waals surface area contributed by atoms with E-state index in [9.17, 15) is 0 Å². The van der Waals surface area contributed by atoms with E-state index < -0.39 is 0 Å². The highest BCUT2D eigenvalue weighted by Gasteiger charge is 2.12. The lowest BCUT2D eigenvalue weighted by Gasteiger charge is -2.21. The Morgan fingerprint density at radius 3 is 2.36 bits per heavy atom. The number of hydrogen-bond acceptors (Lipinski definition) is 2. The maximum Gasteiger partial charge on any atom is 0.0575 e. The monoisotopic (exact) mass is 199 g/mol. The summed E-state index contributed by atoms with van der Waals surface area (Å²) in [6.07, 6.45) is 12.3. The molecule has 0 atom stereocenters. The molecule has 1 aliphatic rings. The summed E-state index contributed by atoms with van der Waals surface area (Å²) in [5.74, 6) is 0. The summed E-state index contributed by atoms with van der Waals surface area (Å²) in [5.41, 5.74) is 5.43. The Bertz CT molecular complexity index is 121. The van der Waals surface area contributed by atoms with Crippen molar-refractivity contribution in [2.75, 3.05) is 13.2 Å². The van der Waals surface area contributed by atoms with Crippen LogP contribution in [0.2, 0.25) is 0 Å². The van der Waals surface area contributed by atoms with Crippen LogP contribution in [-0.2, 0) is 4.74 Å². The topological polar surface area (TPSA) is 35.2 Å². The minimum atomic E-state index is 0.582. The lowest BCUT2D eigenvalue weighted by atomic mass is 9.98. The van der Waals surface area contributed by atoms with Gasteiger partial charge in [-0.25, -0.2) is 0 Å². The van der Waals surface area contributed by atoms with Crippen molar-refractivity contribution in [3.05, 3.63) is 0 Å². The number of rotatable bonds is 7. The van der Waals surface area contributed by atoms with Gasteiger partial charge in [-0.05, 0) is 32.2 Å². The highest BCUT2D eigenvalue weighted by atomic mass is 16.5. The summed E-state index contributed by atoms with van der Waals surface area (Å²) in [6.45, 7) is 1.80. The third-order valence-electron chi connectivity index (χ3n) is 3.00. The molecule has 0 bridgehead atoms. The first kappa shape index (κ1) is 12.0. The maximum atomic E-state index is 5.83. The van der Waals surface area contributed by atoms with Crippen LogP contribution in [0.5, 0.6) is 0 Å². The Labute approximate surface area is 88.2 Å². The predicted molar refractivity (Wildman–Crippen MR) is 60.3 cm³/mol. The average Bonchev–Trinajstić information content (AvgIpc) is 2.25. The third-order valence-corrected chi connectivity index (χ3v) is 3.00. The van der Waals surface area contributed by atoms with Gasteiger partial charge < -0.3 is 10.5 Å². The molecule has 0 unspecified atom stereocenters. The number of ether oxygens (including phenoxy) is 1. The van der Waals surface area contributed by atoms with Crippen LogP contribution < -0.4 is 5.73 Å². The second-order valence-corrected chi connectivity index (χ2v) is 4.33. The lowest BCUT2D eigenvalue weighted by Crippen LogP contribution is -2.17. The molecule has 2 N–H and O–H groups in total. The molecule has 0 spiro atoms. The molecule has 14 heavy (non-hydrogen) atoms. The Morgan fingerprint density at radius 2 is 1.64 bits per heavy atom. The first-order valence-electron chi connectivity index (χ1n) is 6.25. The minimum absolute atomic E-state index is 0.582. The van der Waals surface area contributed by atoms with Gasteiger partial charge in [-0.2, -0.15) is 0 Å². The summed E-state index contributed by atoms with van der Waals surface area (Å²) < 4.78 is 5.83. The molecule has 84 valence electrons. The lowest BCUT2D eigenvalue weighted by molar-refractivity contribution is 0.0263. The molecule has 0 aromatic carbocycles. The molecule has 0 saturated heterocycles. The summed E-state index contributed by atoms with van der Waals surface area (Å²) in [6, 6.07) is 0. The second-order valence-electron chi connectivity index (χ2n) is 4.33. The van der Waals surface area contributed by atoms with E-state index in [-0.39, 0.29) is 0 Å². The number of unbranched alkanes of at least 4 members (excludes halogenated alkanes) is 3. The molecule has 0 aromatic rings. The molecule has 0 radical (unpaired) electrons. The maximum absolute atomic E-state index is 5.83. The summed E-state index contributed by atoms with van der Waals surface area (Å²) >= 11 is 0. The average molecular weight is 199 g/mol. The van der Waals surface area contributed by atoms with Crippen LogP contribution in [0.1, 0.15) is 57.8 Å². The summed E-state index contributed by atoms with van der Waals surface area (Å²) in [4.78, 5) is 0. The third kappa shape index (κ3) is 5.61. The van der Waals surface area contributed by atoms with Gasteiger partial charge in [0.1, 0.15) is 0 Å². The zero-order valence-electron chi connectivity index (χ0n) is 9.34. The van der Waals surface area contributed by atoms with Crippen LogP contribution in [-0.4, -0.2) is 19.3 Å². The van der Waals surface area contributed by atoms with Gasteiger partial charge >= 0.3 is 0 Å². The normalized spacial score (nSPS) is 18.6. The first-order chi connectivity index (χ1) is 6.93. The van der Waals surface area contributed by atoms with Crippen LogP contribution in [0, 0.1) is 0 Å². The van der Waals surface area contributed by atoms with Gasteiger partial charge in [-0.3, -0.25) is 0 Å². The van der Waals surface area contributed by atoms with E-state index in [1.165, 1.54) is 57.8 Å². The van der Waals surface area contributed by atoms with E-state index in [4.69, 9.17) is 10.5 Å². The first-order valence-corrected chi connectivity index (χ1v) is 6.25. The van der Waals surface area contributed by atoms with Gasteiger partial charge in [0.25, 0.3) is 0 Å². The summed E-state index contributed by atoms with van der Waals surface area (Å²) in [5, 5.41) is 0. The van der Waals surface area contributed by atoms with E-state index in [0.29, 0.717) is 6.10 Å². The fourth-order valence-corrected chi connectivity index (χ4v) is 2.08. The number of nitrogens with two attached hydrogens (primary N) is 1. The van der Waals surface area contributed by atoms with Crippen molar-refractivity contribution < 1.29 is 4.74 Å². The van der Waals surface area contributed by atoms with Crippen LogP contribution in [0.15, 0.2) is 0 Å². The Hall–Kier alpha value is -0.0800. The quantitative estimate of drug-likeness (QED) is 0.640. The van der Waals surface area contributed by atoms with Crippen molar-refractivity contribution in [1.82, 2.24) is 0 Å². The Morgan fingerprint density at radius 1 is 0.929 bits per heavy atom. The zero-order chi connectivity index (χ0) is 10.1. The molecule has 1 aliphatic carbocycles. The van der Waals surface area contributed by atoms with Gasteiger partial charge in [-0.15, -0.1) is 0 Å². The van der Waals surface area contributed by atoms with Gasteiger partial charge in [0.15, 0.2) is 0 Å². The largest absolute Gasteiger partial charge is 0.378 e.